The van der Waals surface area contributed by atoms with E-state index in [0.717, 1.165) is 11.8 Å². The van der Waals surface area contributed by atoms with Crippen molar-refractivity contribution >= 4 is 15.7 Å². The summed E-state index contributed by atoms with van der Waals surface area (Å²) < 4.78 is 32.1. The summed E-state index contributed by atoms with van der Waals surface area (Å²) in [6, 6.07) is 11.0. The van der Waals surface area contributed by atoms with Gasteiger partial charge in [0.25, 0.3) is 0 Å². The molecule has 112 valence electrons. The minimum Gasteiger partial charge on any atom is -0.494 e. The van der Waals surface area contributed by atoms with E-state index in [1.165, 1.54) is 22.3 Å². The van der Waals surface area contributed by atoms with E-state index in [2.05, 4.69) is 0 Å². The van der Waals surface area contributed by atoms with E-state index in [1.54, 1.807) is 12.3 Å². The van der Waals surface area contributed by atoms with Crippen LogP contribution in [0.3, 0.4) is 0 Å². The third-order valence-corrected chi connectivity index (χ3v) is 4.11. The zero-order chi connectivity index (χ0) is 15.5. The molecule has 0 aliphatic heterocycles. The number of rotatable bonds is 5. The Morgan fingerprint density at radius 2 is 1.90 bits per heavy atom. The summed E-state index contributed by atoms with van der Waals surface area (Å²) >= 11 is 0. The zero-order valence-corrected chi connectivity index (χ0v) is 12.7. The molecule has 6 nitrogen and oxygen atoms in total. The van der Waals surface area contributed by atoms with E-state index in [4.69, 9.17) is 10.6 Å². The molecule has 2 N–H and O–H groups in total. The first-order valence-electron chi connectivity index (χ1n) is 6.28. The number of ether oxygens (including phenoxy) is 1. The fraction of sp³-hybridized carbons (Fsp3) is 0.214. The molecule has 0 saturated heterocycles. The van der Waals surface area contributed by atoms with Gasteiger partial charge in [-0.2, -0.15) is 0 Å². The van der Waals surface area contributed by atoms with Gasteiger partial charge < -0.3 is 4.74 Å². The second kappa shape index (κ2) is 6.01. The average molecular weight is 308 g/mol. The highest BCUT2D eigenvalue weighted by atomic mass is 32.2. The monoisotopic (exact) mass is 308 g/mol. The van der Waals surface area contributed by atoms with Crippen LogP contribution in [-0.2, 0) is 16.6 Å². The molecule has 0 unspecified atom stereocenters. The summed E-state index contributed by atoms with van der Waals surface area (Å²) in [6.07, 6.45) is 4.26. The van der Waals surface area contributed by atoms with Gasteiger partial charge in [-0.05, 0) is 5.56 Å². The second-order valence-corrected chi connectivity index (χ2v) is 6.51. The molecule has 0 spiro atoms. The molecular weight excluding hydrogens is 290 g/mol. The van der Waals surface area contributed by atoms with E-state index in [-0.39, 0.29) is 6.54 Å². The maximum absolute atomic E-state index is 12.1. The van der Waals surface area contributed by atoms with Crippen molar-refractivity contribution in [2.45, 2.75) is 6.54 Å². The van der Waals surface area contributed by atoms with Gasteiger partial charge in [-0.1, -0.05) is 35.0 Å². The molecule has 2 rings (SSSR count). The van der Waals surface area contributed by atoms with Crippen molar-refractivity contribution in [3.8, 4) is 5.75 Å². The van der Waals surface area contributed by atoms with Crippen molar-refractivity contribution in [2.24, 2.45) is 0 Å². The van der Waals surface area contributed by atoms with E-state index < -0.39 is 10.0 Å². The second-order valence-electron chi connectivity index (χ2n) is 4.60. The van der Waals surface area contributed by atoms with Gasteiger partial charge in [0.2, 0.25) is 22.4 Å². The highest BCUT2D eigenvalue weighted by Crippen LogP contribution is 2.29. The normalized spacial score (nSPS) is 11.1. The highest BCUT2D eigenvalue weighted by Gasteiger charge is 2.24. The number of nitrogens with two attached hydrogens (primary N) is 1. The summed E-state index contributed by atoms with van der Waals surface area (Å²) in [6.45, 7) is 0.208. The van der Waals surface area contributed by atoms with Crippen LogP contribution in [0.1, 0.15) is 5.56 Å². The first kappa shape index (κ1) is 15.1. The third-order valence-electron chi connectivity index (χ3n) is 2.98. The smallest absolute Gasteiger partial charge is 0.232 e. The molecule has 0 amide bonds. The molecule has 2 aromatic rings. The fourth-order valence-electron chi connectivity index (χ4n) is 1.98. The molecule has 1 aromatic carbocycles. The molecule has 0 bridgehead atoms. The van der Waals surface area contributed by atoms with Crippen LogP contribution in [0.2, 0.25) is 0 Å². The molecule has 0 atom stereocenters. The number of aromatic nitrogens is 1. The average Bonchev–Trinajstić information content (AvgIpc) is 2.44. The molecule has 0 fully saturated rings. The number of sulfonamides is 1. The van der Waals surface area contributed by atoms with Crippen LogP contribution >= 0.6 is 0 Å². The van der Waals surface area contributed by atoms with Crippen LogP contribution in [-0.4, -0.2) is 21.8 Å². The maximum Gasteiger partial charge on any atom is 0.232 e. The number of hydrogen-bond donors (Lipinski definition) is 1. The first-order chi connectivity index (χ1) is 9.91. The Balaban J connectivity index is 2.49. The van der Waals surface area contributed by atoms with Crippen LogP contribution in [0.5, 0.6) is 5.75 Å². The van der Waals surface area contributed by atoms with Gasteiger partial charge >= 0.3 is 0 Å². The van der Waals surface area contributed by atoms with Crippen molar-refractivity contribution in [3.05, 3.63) is 54.4 Å². The lowest BCUT2D eigenvalue weighted by atomic mass is 10.2. The largest absolute Gasteiger partial charge is 0.494 e. The summed E-state index contributed by atoms with van der Waals surface area (Å²) in [4.78, 5) is 0. The lowest BCUT2D eigenvalue weighted by molar-refractivity contribution is -0.638. The Bertz CT molecular complexity index is 717. The third kappa shape index (κ3) is 3.63. The fourth-order valence-corrected chi connectivity index (χ4v) is 2.86. The molecule has 0 saturated carbocycles. The minimum atomic E-state index is -3.48. The Kier molecular flexibility index (Phi) is 4.32. The van der Waals surface area contributed by atoms with Crippen LogP contribution in [0.4, 0.5) is 5.69 Å². The van der Waals surface area contributed by atoms with E-state index in [1.807, 2.05) is 30.3 Å². The maximum atomic E-state index is 12.1. The number of benzene rings is 1. The van der Waals surface area contributed by atoms with Crippen LogP contribution in [0.15, 0.2) is 48.8 Å². The molecule has 21 heavy (non-hydrogen) atoms. The van der Waals surface area contributed by atoms with Gasteiger partial charge in [-0.25, -0.2) is 14.3 Å². The van der Waals surface area contributed by atoms with Crippen LogP contribution in [0.25, 0.3) is 0 Å². The Morgan fingerprint density at radius 1 is 1.24 bits per heavy atom. The van der Waals surface area contributed by atoms with E-state index >= 15 is 0 Å². The molecule has 7 heteroatoms. The topological polar surface area (TPSA) is 76.5 Å². The number of methoxy groups -OCH3 is 1. The summed E-state index contributed by atoms with van der Waals surface area (Å²) in [7, 11) is -1.99. The molecular formula is C14H18N3O3S+. The number of hydrogen-bond acceptors (Lipinski definition) is 4. The summed E-state index contributed by atoms with van der Waals surface area (Å²) in [5.74, 6) is 6.14. The lowest BCUT2D eigenvalue weighted by Gasteiger charge is -2.22. The molecule has 0 aliphatic rings. The van der Waals surface area contributed by atoms with Gasteiger partial charge in [0.1, 0.15) is 0 Å². The SMILES string of the molecule is COc1cc[n+](N)cc1N(Cc1ccccc1)S(C)(=O)=O. The quantitative estimate of drug-likeness (QED) is 0.650. The predicted molar refractivity (Wildman–Crippen MR) is 80.8 cm³/mol. The molecule has 0 radical (unpaired) electrons. The van der Waals surface area contributed by atoms with E-state index in [9.17, 15) is 8.42 Å². The van der Waals surface area contributed by atoms with Gasteiger partial charge in [-0.3, -0.25) is 4.31 Å². The zero-order valence-electron chi connectivity index (χ0n) is 11.9. The van der Waals surface area contributed by atoms with Gasteiger partial charge in [0, 0.05) is 6.07 Å². The Labute approximate surface area is 124 Å². The number of anilines is 1. The standard InChI is InChI=1S/C14H18N3O3S/c1-20-14-8-9-16(15)11-13(14)17(21(2,18)19)10-12-6-4-3-5-7-12/h3-9,11H,10,15H2,1-2H3/q+1. The number of nitrogen functional groups attached to an aromatic ring is 1. The van der Waals surface area contributed by atoms with Crippen LogP contribution < -0.4 is 19.6 Å². The van der Waals surface area contributed by atoms with Crippen molar-refractivity contribution in [1.82, 2.24) is 0 Å². The molecule has 1 aromatic heterocycles. The van der Waals surface area contributed by atoms with Gasteiger partial charge in [0.05, 0.1) is 19.9 Å². The van der Waals surface area contributed by atoms with Crippen LogP contribution in [0, 0.1) is 0 Å². The van der Waals surface area contributed by atoms with Crippen molar-refractivity contribution in [3.63, 3.8) is 0 Å². The van der Waals surface area contributed by atoms with Crippen molar-refractivity contribution < 1.29 is 17.8 Å². The Morgan fingerprint density at radius 3 is 2.48 bits per heavy atom. The van der Waals surface area contributed by atoms with Crippen molar-refractivity contribution in [2.75, 3.05) is 23.5 Å². The molecule has 0 aliphatic carbocycles. The summed E-state index contributed by atoms with van der Waals surface area (Å²) in [5.41, 5.74) is 1.27. The number of pyridine rings is 1. The number of nitrogens with zero attached hydrogens (tertiary/aromatic N) is 2. The molecule has 1 heterocycles. The predicted octanol–water partition coefficient (Wildman–Crippen LogP) is 0.663. The first-order valence-corrected chi connectivity index (χ1v) is 8.12. The Hall–Kier alpha value is -2.28. The van der Waals surface area contributed by atoms with Crippen molar-refractivity contribution in [1.29, 1.82) is 0 Å². The summed E-state index contributed by atoms with van der Waals surface area (Å²) in [5, 5.41) is 0. The minimum absolute atomic E-state index is 0.208. The van der Waals surface area contributed by atoms with Gasteiger partial charge in [0.15, 0.2) is 11.4 Å². The highest BCUT2D eigenvalue weighted by molar-refractivity contribution is 7.92. The van der Waals surface area contributed by atoms with Gasteiger partial charge in [-0.15, -0.1) is 0 Å². The lowest BCUT2D eigenvalue weighted by Crippen LogP contribution is -2.44. The van der Waals surface area contributed by atoms with E-state index in [0.29, 0.717) is 11.4 Å².